The van der Waals surface area contributed by atoms with E-state index in [1.807, 2.05) is 19.9 Å². The van der Waals surface area contributed by atoms with E-state index >= 15 is 4.39 Å². The number of hydrogen-bond donors (Lipinski definition) is 0. The summed E-state index contributed by atoms with van der Waals surface area (Å²) in [6.45, 7) is 10.1. The monoisotopic (exact) mass is 739 g/mol. The van der Waals surface area contributed by atoms with Crippen molar-refractivity contribution in [3.63, 3.8) is 0 Å². The van der Waals surface area contributed by atoms with Crippen molar-refractivity contribution in [1.29, 1.82) is 0 Å². The number of aryl methyl sites for hydroxylation is 1. The van der Waals surface area contributed by atoms with Gasteiger partial charge in [0.15, 0.2) is 17.3 Å². The first-order valence-electron chi connectivity index (χ1n) is 18.1. The molecule has 0 radical (unpaired) electrons. The molecule has 0 spiro atoms. The zero-order valence-corrected chi connectivity index (χ0v) is 32.2. The van der Waals surface area contributed by atoms with E-state index in [9.17, 15) is 24.0 Å². The maximum absolute atomic E-state index is 15.0. The number of ketones is 2. The molecule has 1 aliphatic heterocycles. The lowest BCUT2D eigenvalue weighted by Gasteiger charge is -2.36. The third kappa shape index (κ3) is 12.7. The number of carbonyl (C=O) groups is 5. The SMILES string of the molecule is COc1ccc(CC[C@H](OC(=O)[C@@H]2CCCCN2C(=O)C(=O)C(C)(C)COC(=O)/C=C\CC(C)C)c2cc(F)cc(OCC(=O)C(C)C)c2)cc1OC. The van der Waals surface area contributed by atoms with Crippen molar-refractivity contribution in [3.8, 4) is 17.2 Å². The first kappa shape index (κ1) is 42.7. The summed E-state index contributed by atoms with van der Waals surface area (Å²) in [6.07, 6.45) is 4.71. The van der Waals surface area contributed by atoms with Crippen LogP contribution in [0.15, 0.2) is 48.6 Å². The maximum atomic E-state index is 15.0. The summed E-state index contributed by atoms with van der Waals surface area (Å²) in [4.78, 5) is 66.9. The molecule has 1 saturated heterocycles. The van der Waals surface area contributed by atoms with E-state index in [1.54, 1.807) is 32.1 Å². The largest absolute Gasteiger partial charge is 0.493 e. The minimum absolute atomic E-state index is 0.0968. The predicted molar refractivity (Wildman–Crippen MR) is 196 cm³/mol. The van der Waals surface area contributed by atoms with Crippen molar-refractivity contribution in [1.82, 2.24) is 4.90 Å². The van der Waals surface area contributed by atoms with Gasteiger partial charge in [-0.1, -0.05) is 39.8 Å². The smallest absolute Gasteiger partial charge is 0.330 e. The second-order valence-electron chi connectivity index (χ2n) is 14.6. The predicted octanol–water partition coefficient (Wildman–Crippen LogP) is 6.79. The summed E-state index contributed by atoms with van der Waals surface area (Å²) in [5.41, 5.74) is -0.236. The van der Waals surface area contributed by atoms with E-state index in [-0.39, 0.29) is 50.1 Å². The van der Waals surface area contributed by atoms with Gasteiger partial charge in [-0.15, -0.1) is 0 Å². The summed E-state index contributed by atoms with van der Waals surface area (Å²) < 4.78 is 42.8. The highest BCUT2D eigenvalue weighted by Gasteiger charge is 2.42. The fraction of sp³-hybridized carbons (Fsp3) is 0.537. The number of nitrogens with zero attached hydrogens (tertiary/aromatic N) is 1. The van der Waals surface area contributed by atoms with Crippen LogP contribution in [0.2, 0.25) is 0 Å². The topological polar surface area (TPSA) is 135 Å². The Balaban J connectivity index is 1.85. The van der Waals surface area contributed by atoms with Crippen LogP contribution in [0.25, 0.3) is 0 Å². The van der Waals surface area contributed by atoms with Crippen LogP contribution in [-0.2, 0) is 39.9 Å². The van der Waals surface area contributed by atoms with Gasteiger partial charge in [-0.25, -0.2) is 14.0 Å². The van der Waals surface area contributed by atoms with Gasteiger partial charge in [-0.2, -0.15) is 0 Å². The number of likely N-dealkylation sites (tertiary alicyclic amines) is 1. The van der Waals surface area contributed by atoms with Gasteiger partial charge in [0.2, 0.25) is 5.78 Å². The van der Waals surface area contributed by atoms with Gasteiger partial charge >= 0.3 is 11.9 Å². The number of hydrogen-bond acceptors (Lipinski definition) is 10. The van der Waals surface area contributed by atoms with Gasteiger partial charge in [0.05, 0.1) is 19.6 Å². The molecule has 0 unspecified atom stereocenters. The Hall–Kier alpha value is -4.74. The second-order valence-corrected chi connectivity index (χ2v) is 14.6. The van der Waals surface area contributed by atoms with Gasteiger partial charge in [0.1, 0.15) is 36.9 Å². The molecule has 11 nitrogen and oxygen atoms in total. The van der Waals surface area contributed by atoms with E-state index in [1.165, 1.54) is 51.2 Å². The molecular weight excluding hydrogens is 685 g/mol. The number of esters is 2. The standard InChI is InChI=1S/C41H54FNO10/c1-26(2)12-11-14-37(45)52-25-41(5,6)38(46)39(47)43-19-10-9-13-32(43)40(48)53-34(17-15-28-16-18-35(49-7)36(20-28)50-8)29-21-30(42)23-31(22-29)51-24-33(44)27(3)4/h11,14,16,18,20-23,26-27,32,34H,9-10,12-13,15,17,19,24-25H2,1-8H3/b14-11-/t32-,34-/m0/s1. The highest BCUT2D eigenvalue weighted by atomic mass is 19.1. The lowest BCUT2D eigenvalue weighted by molar-refractivity contribution is -0.165. The lowest BCUT2D eigenvalue weighted by atomic mass is 9.87. The van der Waals surface area contributed by atoms with Crippen LogP contribution in [-0.4, -0.2) is 74.3 Å². The number of amides is 1. The molecule has 1 fully saturated rings. The number of Topliss-reactive ketones (excluding diaryl/α,β-unsaturated/α-hetero) is 2. The summed E-state index contributed by atoms with van der Waals surface area (Å²) >= 11 is 0. The molecule has 1 heterocycles. The molecule has 3 rings (SSSR count). The molecule has 0 N–H and O–H groups in total. The van der Waals surface area contributed by atoms with Crippen molar-refractivity contribution in [2.24, 2.45) is 17.3 Å². The fourth-order valence-electron chi connectivity index (χ4n) is 5.66. The van der Waals surface area contributed by atoms with Crippen LogP contribution in [0.1, 0.15) is 90.9 Å². The molecule has 53 heavy (non-hydrogen) atoms. The molecular formula is C41H54FNO10. The molecule has 12 heteroatoms. The minimum atomic E-state index is -1.36. The number of carbonyl (C=O) groups excluding carboxylic acids is 5. The third-order valence-electron chi connectivity index (χ3n) is 8.97. The molecule has 2 aromatic rings. The Morgan fingerprint density at radius 3 is 2.34 bits per heavy atom. The van der Waals surface area contributed by atoms with Crippen LogP contribution in [0.4, 0.5) is 4.39 Å². The normalized spacial score (nSPS) is 15.3. The van der Waals surface area contributed by atoms with Gasteiger partial charge in [0, 0.05) is 24.6 Å². The van der Waals surface area contributed by atoms with Crippen molar-refractivity contribution < 1.29 is 52.0 Å². The highest BCUT2D eigenvalue weighted by molar-refractivity contribution is 6.38. The minimum Gasteiger partial charge on any atom is -0.493 e. The van der Waals surface area contributed by atoms with Gasteiger partial charge < -0.3 is 28.6 Å². The Morgan fingerprint density at radius 2 is 1.68 bits per heavy atom. The fourth-order valence-corrected chi connectivity index (χ4v) is 5.66. The van der Waals surface area contributed by atoms with E-state index in [4.69, 9.17) is 23.7 Å². The molecule has 0 bridgehead atoms. The summed E-state index contributed by atoms with van der Waals surface area (Å²) in [5.74, 6) is -2.62. The van der Waals surface area contributed by atoms with Crippen LogP contribution >= 0.6 is 0 Å². The number of benzene rings is 2. The Morgan fingerprint density at radius 1 is 0.962 bits per heavy atom. The van der Waals surface area contributed by atoms with E-state index in [2.05, 4.69) is 0 Å². The number of allylic oxidation sites excluding steroid dienone is 1. The zero-order valence-electron chi connectivity index (χ0n) is 32.2. The summed E-state index contributed by atoms with van der Waals surface area (Å²) in [5, 5.41) is 0. The quantitative estimate of drug-likeness (QED) is 0.0862. The third-order valence-corrected chi connectivity index (χ3v) is 8.97. The van der Waals surface area contributed by atoms with Crippen molar-refractivity contribution in [3.05, 3.63) is 65.5 Å². The highest BCUT2D eigenvalue weighted by Crippen LogP contribution is 2.33. The summed E-state index contributed by atoms with van der Waals surface area (Å²) in [7, 11) is 3.05. The molecule has 0 aliphatic carbocycles. The molecule has 0 aromatic heterocycles. The second kappa shape index (κ2) is 19.9. The Bertz CT molecular complexity index is 1630. The Kier molecular flexibility index (Phi) is 16.0. The lowest BCUT2D eigenvalue weighted by Crippen LogP contribution is -2.53. The number of rotatable bonds is 19. The molecule has 1 aliphatic rings. The van der Waals surface area contributed by atoms with Crippen LogP contribution in [0.3, 0.4) is 0 Å². The zero-order chi connectivity index (χ0) is 39.3. The van der Waals surface area contributed by atoms with Gasteiger partial charge in [-0.05, 0) is 93.7 Å². The summed E-state index contributed by atoms with van der Waals surface area (Å²) in [6, 6.07) is 8.23. The maximum Gasteiger partial charge on any atom is 0.330 e. The molecule has 2 atom stereocenters. The first-order chi connectivity index (χ1) is 25.1. The van der Waals surface area contributed by atoms with Crippen molar-refractivity contribution in [2.75, 3.05) is 34.0 Å². The van der Waals surface area contributed by atoms with Gasteiger partial charge in [-0.3, -0.25) is 14.4 Å². The molecule has 0 saturated carbocycles. The number of halogens is 1. The number of methoxy groups -OCH3 is 2. The van der Waals surface area contributed by atoms with Crippen molar-refractivity contribution in [2.45, 2.75) is 92.2 Å². The molecule has 1 amide bonds. The number of piperidine rings is 1. The number of ether oxygens (including phenoxy) is 5. The molecule has 2 aromatic carbocycles. The molecule has 290 valence electrons. The average molecular weight is 740 g/mol. The van der Waals surface area contributed by atoms with Crippen molar-refractivity contribution >= 4 is 29.4 Å². The average Bonchev–Trinajstić information content (AvgIpc) is 3.13. The first-order valence-corrected chi connectivity index (χ1v) is 18.1. The van der Waals surface area contributed by atoms with Crippen LogP contribution < -0.4 is 14.2 Å². The van der Waals surface area contributed by atoms with Crippen LogP contribution in [0, 0.1) is 23.1 Å². The van der Waals surface area contributed by atoms with Crippen LogP contribution in [0.5, 0.6) is 17.2 Å². The Labute approximate surface area is 312 Å². The van der Waals surface area contributed by atoms with E-state index in [0.29, 0.717) is 48.7 Å². The van der Waals surface area contributed by atoms with E-state index in [0.717, 1.165) is 11.6 Å². The van der Waals surface area contributed by atoms with Gasteiger partial charge in [0.25, 0.3) is 5.91 Å². The van der Waals surface area contributed by atoms with E-state index < -0.39 is 47.0 Å².